The van der Waals surface area contributed by atoms with Crippen LogP contribution in [0.2, 0.25) is 5.02 Å². The highest BCUT2D eigenvalue weighted by atomic mass is 35.5. The maximum Gasteiger partial charge on any atom is 0.252 e. The first-order valence-corrected chi connectivity index (χ1v) is 7.44. The molecule has 1 aromatic heterocycles. The van der Waals surface area contributed by atoms with Gasteiger partial charge < -0.3 is 10.1 Å². The van der Waals surface area contributed by atoms with Gasteiger partial charge in [0.05, 0.1) is 15.8 Å². The number of carbonyl (C=O) groups excluding carboxylic acids is 1. The largest absolute Gasteiger partial charge is 0.363 e. The van der Waals surface area contributed by atoms with Crippen molar-refractivity contribution in [3.63, 3.8) is 0 Å². The van der Waals surface area contributed by atoms with Crippen LogP contribution in [0.25, 0.3) is 10.2 Å². The van der Waals surface area contributed by atoms with Crippen molar-refractivity contribution in [1.82, 2.24) is 10.3 Å². The number of halogens is 1. The molecule has 0 atom stereocenters. The zero-order chi connectivity index (χ0) is 14.2. The number of anilines is 1. The molecule has 0 unspecified atom stereocenters. The fourth-order valence-electron chi connectivity index (χ4n) is 1.93. The van der Waals surface area contributed by atoms with E-state index in [0.29, 0.717) is 10.2 Å². The molecular formula is C13H14ClN3O2S. The predicted molar refractivity (Wildman–Crippen MR) is 80.5 cm³/mol. The normalized spacial score (nSPS) is 16.9. The molecule has 1 fully saturated rings. The van der Waals surface area contributed by atoms with Crippen LogP contribution in [0.3, 0.4) is 0 Å². The number of hydrogen-bond donors (Lipinski definition) is 2. The van der Waals surface area contributed by atoms with E-state index in [1.165, 1.54) is 11.3 Å². The zero-order valence-electron chi connectivity index (χ0n) is 10.9. The Morgan fingerprint density at radius 3 is 3.10 bits per heavy atom. The molecule has 0 saturated carbocycles. The van der Waals surface area contributed by atoms with Gasteiger partial charge >= 0.3 is 0 Å². The zero-order valence-corrected chi connectivity index (χ0v) is 12.5. The second-order valence-electron chi connectivity index (χ2n) is 5.02. The Hall–Kier alpha value is -1.21. The minimum absolute atomic E-state index is 0.0366. The Kier molecular flexibility index (Phi) is 3.64. The standard InChI is InChI=1S/C13H14ClN3O2S/c1-13(6-15-7-13)19-5-11(18)17-12-16-9-3-2-8(14)4-10(9)20-12/h2-4,15H,5-7H2,1H3,(H,16,17,18). The lowest BCUT2D eigenvalue weighted by Crippen LogP contribution is -2.59. The van der Waals surface area contributed by atoms with Crippen LogP contribution in [0.4, 0.5) is 5.13 Å². The van der Waals surface area contributed by atoms with Crippen LogP contribution in [-0.2, 0) is 9.53 Å². The number of thiazole rings is 1. The first-order chi connectivity index (χ1) is 9.54. The average Bonchev–Trinajstić information content (AvgIpc) is 2.75. The Balaban J connectivity index is 1.62. The highest BCUT2D eigenvalue weighted by Crippen LogP contribution is 2.28. The van der Waals surface area contributed by atoms with E-state index in [4.69, 9.17) is 16.3 Å². The second kappa shape index (κ2) is 5.29. The highest BCUT2D eigenvalue weighted by Gasteiger charge is 2.33. The van der Waals surface area contributed by atoms with Crippen LogP contribution in [0.5, 0.6) is 0 Å². The molecule has 106 valence electrons. The quantitative estimate of drug-likeness (QED) is 0.909. The Bertz CT molecular complexity index is 654. The Labute approximate surface area is 125 Å². The van der Waals surface area contributed by atoms with Crippen molar-refractivity contribution in [2.75, 3.05) is 25.0 Å². The summed E-state index contributed by atoms with van der Waals surface area (Å²) < 4.78 is 6.52. The van der Waals surface area contributed by atoms with Gasteiger partial charge in [0.15, 0.2) is 5.13 Å². The molecule has 1 amide bonds. The van der Waals surface area contributed by atoms with Gasteiger partial charge in [-0.3, -0.25) is 10.1 Å². The lowest BCUT2D eigenvalue weighted by atomic mass is 10.0. The predicted octanol–water partition coefficient (Wildman–Crippen LogP) is 2.27. The molecule has 0 spiro atoms. The van der Waals surface area contributed by atoms with Crippen molar-refractivity contribution in [3.05, 3.63) is 23.2 Å². The van der Waals surface area contributed by atoms with Crippen LogP contribution < -0.4 is 10.6 Å². The van der Waals surface area contributed by atoms with E-state index in [9.17, 15) is 4.79 Å². The molecule has 2 heterocycles. The third-order valence-electron chi connectivity index (χ3n) is 3.15. The summed E-state index contributed by atoms with van der Waals surface area (Å²) in [6.07, 6.45) is 0. The summed E-state index contributed by atoms with van der Waals surface area (Å²) in [5, 5.41) is 7.09. The number of ether oxygens (including phenoxy) is 1. The molecule has 3 rings (SSSR count). The van der Waals surface area contributed by atoms with Gasteiger partial charge in [-0.2, -0.15) is 0 Å². The minimum atomic E-state index is -0.224. The molecule has 0 bridgehead atoms. The molecule has 1 aliphatic rings. The van der Waals surface area contributed by atoms with Crippen molar-refractivity contribution < 1.29 is 9.53 Å². The fourth-order valence-corrected chi connectivity index (χ4v) is 3.08. The van der Waals surface area contributed by atoms with E-state index < -0.39 is 0 Å². The van der Waals surface area contributed by atoms with Crippen LogP contribution in [0, 0.1) is 0 Å². The van der Waals surface area contributed by atoms with Gasteiger partial charge in [-0.05, 0) is 25.1 Å². The third-order valence-corrected chi connectivity index (χ3v) is 4.32. The summed E-state index contributed by atoms with van der Waals surface area (Å²) in [7, 11) is 0. The van der Waals surface area contributed by atoms with Crippen LogP contribution in [-0.4, -0.2) is 36.2 Å². The molecule has 2 aromatic rings. The SMILES string of the molecule is CC1(OCC(=O)Nc2nc3ccc(Cl)cc3s2)CNC1. The van der Waals surface area contributed by atoms with Crippen LogP contribution in [0.1, 0.15) is 6.92 Å². The molecular weight excluding hydrogens is 298 g/mol. The van der Waals surface area contributed by atoms with Crippen molar-refractivity contribution >= 4 is 44.2 Å². The molecule has 0 radical (unpaired) electrons. The Morgan fingerprint density at radius 1 is 1.60 bits per heavy atom. The summed E-state index contributed by atoms with van der Waals surface area (Å²) in [4.78, 5) is 16.2. The van der Waals surface area contributed by atoms with E-state index >= 15 is 0 Å². The number of nitrogens with one attached hydrogen (secondary N) is 2. The lowest BCUT2D eigenvalue weighted by Gasteiger charge is -2.38. The number of nitrogens with zero attached hydrogens (tertiary/aromatic N) is 1. The molecule has 20 heavy (non-hydrogen) atoms. The fraction of sp³-hybridized carbons (Fsp3) is 0.385. The Morgan fingerprint density at radius 2 is 2.40 bits per heavy atom. The number of hydrogen-bond acceptors (Lipinski definition) is 5. The van der Waals surface area contributed by atoms with E-state index in [-0.39, 0.29) is 18.1 Å². The van der Waals surface area contributed by atoms with Gasteiger partial charge in [-0.15, -0.1) is 0 Å². The van der Waals surface area contributed by atoms with Crippen LogP contribution in [0.15, 0.2) is 18.2 Å². The maximum absolute atomic E-state index is 11.8. The van der Waals surface area contributed by atoms with E-state index in [2.05, 4.69) is 15.6 Å². The first kappa shape index (κ1) is 13.8. The molecule has 2 N–H and O–H groups in total. The smallest absolute Gasteiger partial charge is 0.252 e. The number of fused-ring (bicyclic) bond motifs is 1. The van der Waals surface area contributed by atoms with Crippen molar-refractivity contribution in [2.45, 2.75) is 12.5 Å². The number of amides is 1. The molecule has 0 aliphatic carbocycles. The number of benzene rings is 1. The van der Waals surface area contributed by atoms with E-state index in [0.717, 1.165) is 23.3 Å². The third kappa shape index (κ3) is 2.93. The van der Waals surface area contributed by atoms with E-state index in [1.807, 2.05) is 19.1 Å². The summed E-state index contributed by atoms with van der Waals surface area (Å²) >= 11 is 7.32. The summed E-state index contributed by atoms with van der Waals surface area (Å²) in [5.41, 5.74) is 0.601. The molecule has 1 aromatic carbocycles. The monoisotopic (exact) mass is 311 g/mol. The maximum atomic E-state index is 11.8. The van der Waals surface area contributed by atoms with Gasteiger partial charge in [0.1, 0.15) is 6.61 Å². The first-order valence-electron chi connectivity index (χ1n) is 6.25. The van der Waals surface area contributed by atoms with Crippen molar-refractivity contribution in [3.8, 4) is 0 Å². The summed E-state index contributed by atoms with van der Waals surface area (Å²) in [5.74, 6) is -0.191. The minimum Gasteiger partial charge on any atom is -0.363 e. The molecule has 7 heteroatoms. The summed E-state index contributed by atoms with van der Waals surface area (Å²) in [6, 6.07) is 5.45. The van der Waals surface area contributed by atoms with Gasteiger partial charge in [0, 0.05) is 18.1 Å². The molecule has 1 aliphatic heterocycles. The number of aromatic nitrogens is 1. The van der Waals surface area contributed by atoms with Gasteiger partial charge in [0.25, 0.3) is 5.91 Å². The number of carbonyl (C=O) groups is 1. The lowest BCUT2D eigenvalue weighted by molar-refractivity contribution is -0.130. The molecule has 1 saturated heterocycles. The van der Waals surface area contributed by atoms with E-state index in [1.54, 1.807) is 6.07 Å². The average molecular weight is 312 g/mol. The van der Waals surface area contributed by atoms with Gasteiger partial charge in [-0.1, -0.05) is 22.9 Å². The second-order valence-corrected chi connectivity index (χ2v) is 6.49. The van der Waals surface area contributed by atoms with Gasteiger partial charge in [0.2, 0.25) is 0 Å². The summed E-state index contributed by atoms with van der Waals surface area (Å²) in [6.45, 7) is 3.57. The number of rotatable bonds is 4. The topological polar surface area (TPSA) is 63.2 Å². The van der Waals surface area contributed by atoms with Crippen molar-refractivity contribution in [2.24, 2.45) is 0 Å². The van der Waals surface area contributed by atoms with Crippen molar-refractivity contribution in [1.29, 1.82) is 0 Å². The molecule has 5 nitrogen and oxygen atoms in total. The van der Waals surface area contributed by atoms with Crippen LogP contribution >= 0.6 is 22.9 Å². The van der Waals surface area contributed by atoms with Gasteiger partial charge in [-0.25, -0.2) is 4.98 Å². The highest BCUT2D eigenvalue weighted by molar-refractivity contribution is 7.22.